The Morgan fingerprint density at radius 3 is 2.18 bits per heavy atom. The average molecular weight is 634 g/mol. The maximum Gasteiger partial charge on any atom is 0.312 e. The number of ketones is 1. The number of benzene rings is 2. The summed E-state index contributed by atoms with van der Waals surface area (Å²) in [5.41, 5.74) is 1.86. The molecule has 9 nitrogen and oxygen atoms in total. The zero-order valence-corrected chi connectivity index (χ0v) is 25.9. The number of allylic oxidation sites excluding steroid dienone is 1. The van der Waals surface area contributed by atoms with Crippen LogP contribution in [0.3, 0.4) is 0 Å². The molecular weight excluding hydrogens is 597 g/mol. The van der Waals surface area contributed by atoms with Gasteiger partial charge in [0.2, 0.25) is 0 Å². The number of H-pyrrole nitrogens is 2. The van der Waals surface area contributed by atoms with Crippen LogP contribution in [0.4, 0.5) is 0 Å². The molecular formula is C33H36Cl2N7O2+. The lowest BCUT2D eigenvalue weighted by molar-refractivity contribution is -0.630. The quantitative estimate of drug-likeness (QED) is 0.123. The number of aromatic amines is 2. The lowest BCUT2D eigenvalue weighted by Crippen LogP contribution is -2.31. The molecule has 3 N–H and O–H groups in total. The summed E-state index contributed by atoms with van der Waals surface area (Å²) in [6.07, 6.45) is 21.5. The third-order valence-electron chi connectivity index (χ3n) is 7.36. The fourth-order valence-corrected chi connectivity index (χ4v) is 5.54. The van der Waals surface area contributed by atoms with Crippen molar-refractivity contribution in [2.45, 2.75) is 63.8 Å². The Hall–Kier alpha value is -4.26. The predicted molar refractivity (Wildman–Crippen MR) is 172 cm³/mol. The van der Waals surface area contributed by atoms with Crippen LogP contribution in [0.15, 0.2) is 67.3 Å². The van der Waals surface area contributed by atoms with E-state index < -0.39 is 0 Å². The third-order valence-corrected chi connectivity index (χ3v) is 7.83. The molecule has 228 valence electrons. The minimum Gasteiger partial charge on any atom is -0.343 e. The Bertz CT molecular complexity index is 1560. The fourth-order valence-electron chi connectivity index (χ4n) is 5.16. The molecule has 0 spiro atoms. The van der Waals surface area contributed by atoms with Gasteiger partial charge in [-0.25, -0.2) is 4.98 Å². The van der Waals surface area contributed by atoms with E-state index in [2.05, 4.69) is 30.6 Å². The summed E-state index contributed by atoms with van der Waals surface area (Å²) in [5, 5.41) is 13.7. The van der Waals surface area contributed by atoms with Crippen molar-refractivity contribution >= 4 is 41.1 Å². The Labute approximate surface area is 267 Å². The van der Waals surface area contributed by atoms with Crippen molar-refractivity contribution < 1.29 is 14.3 Å². The molecule has 4 aromatic rings. The second kappa shape index (κ2) is 17.1. The van der Waals surface area contributed by atoms with E-state index in [9.17, 15) is 9.59 Å². The maximum absolute atomic E-state index is 11.9. The second-order valence-electron chi connectivity index (χ2n) is 10.7. The van der Waals surface area contributed by atoms with Crippen molar-refractivity contribution in [3.05, 3.63) is 77.3 Å². The van der Waals surface area contributed by atoms with Crippen LogP contribution in [-0.4, -0.2) is 43.0 Å². The SMILES string of the molecule is C#CC(=O)NC1CCCC1.Clc1cccc(-c2ncn[nH]2)c1.O=C(/C=C\[n+]1cnc(-c2cccc(Cl)c2)[nH]1)CC1CCCC1. The summed E-state index contributed by atoms with van der Waals surface area (Å²) < 4.78 is 1.68. The molecule has 6 rings (SSSR count). The number of rotatable bonds is 7. The normalized spacial score (nSPS) is 14.8. The first-order chi connectivity index (χ1) is 21.4. The molecule has 2 saturated carbocycles. The molecule has 0 saturated heterocycles. The van der Waals surface area contributed by atoms with Gasteiger partial charge >= 0.3 is 6.33 Å². The summed E-state index contributed by atoms with van der Waals surface area (Å²) in [6, 6.07) is 15.3. The summed E-state index contributed by atoms with van der Waals surface area (Å²) in [6.45, 7) is 0. The lowest BCUT2D eigenvalue weighted by Gasteiger charge is -2.07. The molecule has 11 heteroatoms. The van der Waals surface area contributed by atoms with Gasteiger partial charge in [0.05, 0.1) is 0 Å². The van der Waals surface area contributed by atoms with Crippen LogP contribution in [0, 0.1) is 18.3 Å². The largest absolute Gasteiger partial charge is 0.343 e. The van der Waals surface area contributed by atoms with Crippen LogP contribution in [0.2, 0.25) is 10.0 Å². The predicted octanol–water partition coefficient (Wildman–Crippen LogP) is 6.44. The second-order valence-corrected chi connectivity index (χ2v) is 11.6. The summed E-state index contributed by atoms with van der Waals surface area (Å²) in [5.74, 6) is 3.98. The van der Waals surface area contributed by atoms with Crippen LogP contribution < -0.4 is 10.00 Å². The molecule has 0 unspecified atom stereocenters. The number of carbonyl (C=O) groups is 2. The van der Waals surface area contributed by atoms with Crippen LogP contribution in [0.25, 0.3) is 29.0 Å². The molecule has 0 bridgehead atoms. The molecule has 0 radical (unpaired) electrons. The van der Waals surface area contributed by atoms with Crippen molar-refractivity contribution in [3.63, 3.8) is 0 Å². The highest BCUT2D eigenvalue weighted by molar-refractivity contribution is 6.31. The van der Waals surface area contributed by atoms with Crippen molar-refractivity contribution in [1.82, 2.24) is 30.6 Å². The van der Waals surface area contributed by atoms with Crippen molar-refractivity contribution in [2.24, 2.45) is 5.92 Å². The smallest absolute Gasteiger partial charge is 0.312 e. The first-order valence-electron chi connectivity index (χ1n) is 14.7. The van der Waals surface area contributed by atoms with Gasteiger partial charge in [0.15, 0.2) is 11.6 Å². The molecule has 2 aromatic heterocycles. The minimum atomic E-state index is -0.271. The van der Waals surface area contributed by atoms with Gasteiger partial charge in [-0.3, -0.25) is 14.7 Å². The van der Waals surface area contributed by atoms with E-state index in [0.717, 1.165) is 35.6 Å². The molecule has 1 amide bonds. The molecule has 2 aromatic carbocycles. The number of amides is 1. The average Bonchev–Trinajstić information content (AvgIpc) is 3.86. The van der Waals surface area contributed by atoms with Gasteiger partial charge in [-0.05, 0) is 60.0 Å². The third kappa shape index (κ3) is 10.8. The first-order valence-corrected chi connectivity index (χ1v) is 15.5. The van der Waals surface area contributed by atoms with Gasteiger partial charge in [-0.15, -0.1) is 11.1 Å². The number of terminal acetylenes is 1. The van der Waals surface area contributed by atoms with E-state index in [1.807, 2.05) is 54.5 Å². The highest BCUT2D eigenvalue weighted by Gasteiger charge is 2.18. The number of hydrogen-bond donors (Lipinski definition) is 3. The number of hydrogen-bond acceptors (Lipinski definition) is 5. The van der Waals surface area contributed by atoms with Crippen LogP contribution >= 0.6 is 23.2 Å². The molecule has 0 aliphatic heterocycles. The van der Waals surface area contributed by atoms with E-state index in [-0.39, 0.29) is 11.7 Å². The van der Waals surface area contributed by atoms with E-state index in [1.54, 1.807) is 23.3 Å². The lowest BCUT2D eigenvalue weighted by atomic mass is 10.0. The Morgan fingerprint density at radius 1 is 0.955 bits per heavy atom. The van der Waals surface area contributed by atoms with Crippen molar-refractivity contribution in [2.75, 3.05) is 0 Å². The molecule has 2 aliphatic carbocycles. The standard InChI is InChI=1S/C17H18ClN3O.C8H6ClN3.C8H11NO/c18-15-7-3-6-14(11-15)17-19-12-21(20-17)9-8-16(22)10-13-4-1-2-5-13;9-7-3-1-2-6(4-7)8-10-5-11-12-8;1-2-8(10)9-7-5-3-4-6-7/h3,6-9,11-13H,1-2,4-5,10H2;1-5H,(H,10,11,12);1,7H,3-6H2,(H,9,10)/p+1/b9-8-;;. The molecule has 2 fully saturated rings. The topological polar surface area (TPSA) is 120 Å². The number of nitrogens with zero attached hydrogens (tertiary/aromatic N) is 4. The van der Waals surface area contributed by atoms with Gasteiger partial charge in [-0.2, -0.15) is 10.2 Å². The number of halogens is 2. The number of nitrogens with one attached hydrogen (secondary N) is 3. The maximum atomic E-state index is 11.9. The minimum absolute atomic E-state index is 0.179. The molecule has 0 atom stereocenters. The Kier molecular flexibility index (Phi) is 12.7. The zero-order valence-electron chi connectivity index (χ0n) is 24.4. The molecule has 44 heavy (non-hydrogen) atoms. The zero-order chi connectivity index (χ0) is 31.1. The number of carbonyl (C=O) groups excluding carboxylic acids is 2. The Morgan fingerprint density at radius 2 is 1.59 bits per heavy atom. The Balaban J connectivity index is 0.000000168. The summed E-state index contributed by atoms with van der Waals surface area (Å²) >= 11 is 11.8. The van der Waals surface area contributed by atoms with E-state index in [0.29, 0.717) is 28.4 Å². The first kappa shape index (κ1) is 32.6. The van der Waals surface area contributed by atoms with Crippen LogP contribution in [-0.2, 0) is 9.59 Å². The molecule has 2 aliphatic rings. The highest BCUT2D eigenvalue weighted by atomic mass is 35.5. The van der Waals surface area contributed by atoms with Gasteiger partial charge in [0.1, 0.15) is 12.5 Å². The van der Waals surface area contributed by atoms with Gasteiger partial charge in [-0.1, -0.05) is 79.9 Å². The fraction of sp³-hybridized carbons (Fsp3) is 0.333. The van der Waals surface area contributed by atoms with Crippen molar-refractivity contribution in [3.8, 4) is 35.1 Å². The highest BCUT2D eigenvalue weighted by Crippen LogP contribution is 2.27. The van der Waals surface area contributed by atoms with E-state index in [4.69, 9.17) is 29.6 Å². The van der Waals surface area contributed by atoms with Gasteiger partial charge < -0.3 is 5.32 Å². The van der Waals surface area contributed by atoms with Crippen LogP contribution in [0.5, 0.6) is 0 Å². The van der Waals surface area contributed by atoms with E-state index >= 15 is 0 Å². The monoisotopic (exact) mass is 632 g/mol. The van der Waals surface area contributed by atoms with Gasteiger partial charge in [0, 0.05) is 39.7 Å². The number of aromatic nitrogens is 6. The summed E-state index contributed by atoms with van der Waals surface area (Å²) in [4.78, 5) is 30.9. The van der Waals surface area contributed by atoms with Crippen LogP contribution in [0.1, 0.15) is 57.8 Å². The summed E-state index contributed by atoms with van der Waals surface area (Å²) in [7, 11) is 0. The van der Waals surface area contributed by atoms with Gasteiger partial charge in [0.25, 0.3) is 11.7 Å². The van der Waals surface area contributed by atoms with Crippen molar-refractivity contribution in [1.29, 1.82) is 0 Å². The molecule has 2 heterocycles. The van der Waals surface area contributed by atoms with E-state index in [1.165, 1.54) is 44.9 Å².